The predicted molar refractivity (Wildman–Crippen MR) is 118 cm³/mol. The molecule has 0 unspecified atom stereocenters. The highest BCUT2D eigenvalue weighted by molar-refractivity contribution is 5.93. The molecule has 3 heterocycles. The van der Waals surface area contributed by atoms with Gasteiger partial charge in [-0.05, 0) is 12.1 Å². The fourth-order valence-corrected chi connectivity index (χ4v) is 3.03. The first-order valence-corrected chi connectivity index (χ1v) is 9.55. The second-order valence-electron chi connectivity index (χ2n) is 5.93. The third kappa shape index (κ3) is 4.12. The van der Waals surface area contributed by atoms with Gasteiger partial charge in [-0.3, -0.25) is 4.98 Å². The van der Waals surface area contributed by atoms with Crippen LogP contribution in [-0.4, -0.2) is 41.3 Å². The molecule has 0 fully saturated rings. The first-order chi connectivity index (χ1) is 14.7. The second kappa shape index (κ2) is 9.60. The first-order valence-electron chi connectivity index (χ1n) is 9.55. The summed E-state index contributed by atoms with van der Waals surface area (Å²) in [5, 5.41) is 4.19. The number of pyridine rings is 1. The number of hydrogen-bond acceptors (Lipinski definition) is 7. The molecule has 0 aliphatic heterocycles. The number of nitrogens with zero attached hydrogens (tertiary/aromatic N) is 3. The van der Waals surface area contributed by atoms with Crippen LogP contribution in [0.1, 0.15) is 13.8 Å². The van der Waals surface area contributed by atoms with Gasteiger partial charge in [-0.1, -0.05) is 13.8 Å². The fourth-order valence-electron chi connectivity index (χ4n) is 3.03. The number of methoxy groups -OCH3 is 3. The maximum atomic E-state index is 5.39. The Kier molecular flexibility index (Phi) is 6.69. The van der Waals surface area contributed by atoms with Crippen LogP contribution in [0.25, 0.3) is 22.2 Å². The van der Waals surface area contributed by atoms with E-state index in [1.54, 1.807) is 45.9 Å². The number of benzene rings is 1. The van der Waals surface area contributed by atoms with E-state index in [2.05, 4.69) is 25.3 Å². The van der Waals surface area contributed by atoms with Gasteiger partial charge in [-0.25, -0.2) is 9.97 Å². The molecule has 156 valence electrons. The van der Waals surface area contributed by atoms with E-state index in [9.17, 15) is 0 Å². The average molecular weight is 407 g/mol. The lowest BCUT2D eigenvalue weighted by Gasteiger charge is -2.14. The van der Waals surface area contributed by atoms with Crippen molar-refractivity contribution in [3.8, 4) is 28.5 Å². The van der Waals surface area contributed by atoms with Crippen molar-refractivity contribution < 1.29 is 14.2 Å². The number of aromatic nitrogens is 4. The summed E-state index contributed by atoms with van der Waals surface area (Å²) >= 11 is 0. The van der Waals surface area contributed by atoms with Gasteiger partial charge in [0.25, 0.3) is 0 Å². The molecule has 4 rings (SSSR count). The number of H-pyrrole nitrogens is 1. The summed E-state index contributed by atoms with van der Waals surface area (Å²) in [5.41, 5.74) is 3.46. The molecule has 0 amide bonds. The molecule has 4 aromatic rings. The molecule has 0 aliphatic rings. The van der Waals surface area contributed by atoms with Crippen molar-refractivity contribution >= 4 is 22.5 Å². The van der Waals surface area contributed by atoms with Crippen LogP contribution >= 0.6 is 0 Å². The Hall–Kier alpha value is -3.81. The van der Waals surface area contributed by atoms with Crippen molar-refractivity contribution in [2.75, 3.05) is 26.6 Å². The highest BCUT2D eigenvalue weighted by Gasteiger charge is 2.14. The summed E-state index contributed by atoms with van der Waals surface area (Å²) in [6, 6.07) is 7.38. The number of ether oxygens (including phenoxy) is 3. The van der Waals surface area contributed by atoms with Crippen molar-refractivity contribution in [3.63, 3.8) is 0 Å². The number of hydrogen-bond donors (Lipinski definition) is 2. The molecule has 1 aromatic carbocycles. The zero-order valence-corrected chi connectivity index (χ0v) is 17.7. The van der Waals surface area contributed by atoms with Crippen LogP contribution in [0.4, 0.5) is 11.6 Å². The number of rotatable bonds is 6. The van der Waals surface area contributed by atoms with E-state index in [-0.39, 0.29) is 0 Å². The van der Waals surface area contributed by atoms with Gasteiger partial charge in [0.2, 0.25) is 11.7 Å². The summed E-state index contributed by atoms with van der Waals surface area (Å²) in [6.07, 6.45) is 7.19. The quantitative estimate of drug-likeness (QED) is 0.473. The van der Waals surface area contributed by atoms with Crippen LogP contribution in [0.5, 0.6) is 17.2 Å². The zero-order valence-electron chi connectivity index (χ0n) is 17.7. The Morgan fingerprint density at radius 3 is 2.33 bits per heavy atom. The number of nitrogens with one attached hydrogen (secondary N) is 2. The Bertz CT molecular complexity index is 1100. The molecule has 3 aromatic heterocycles. The van der Waals surface area contributed by atoms with E-state index in [0.29, 0.717) is 28.9 Å². The molecule has 2 N–H and O–H groups in total. The number of anilines is 2. The summed E-state index contributed by atoms with van der Waals surface area (Å²) < 4.78 is 16.1. The van der Waals surface area contributed by atoms with E-state index in [4.69, 9.17) is 14.2 Å². The van der Waals surface area contributed by atoms with E-state index < -0.39 is 0 Å². The predicted octanol–water partition coefficient (Wildman–Crippen LogP) is 4.82. The highest BCUT2D eigenvalue weighted by Crippen LogP contribution is 2.40. The topological polar surface area (TPSA) is 94.2 Å². The Labute approximate surface area is 175 Å². The molecule has 8 heteroatoms. The monoisotopic (exact) mass is 407 g/mol. The average Bonchev–Trinajstić information content (AvgIpc) is 3.24. The van der Waals surface area contributed by atoms with Crippen LogP contribution in [-0.2, 0) is 0 Å². The van der Waals surface area contributed by atoms with Gasteiger partial charge < -0.3 is 24.5 Å². The zero-order chi connectivity index (χ0) is 21.5. The van der Waals surface area contributed by atoms with Crippen molar-refractivity contribution in [3.05, 3.63) is 49.1 Å². The summed E-state index contributed by atoms with van der Waals surface area (Å²) in [4.78, 5) is 16.4. The van der Waals surface area contributed by atoms with Gasteiger partial charge in [-0.15, -0.1) is 0 Å². The van der Waals surface area contributed by atoms with Gasteiger partial charge in [0.05, 0.1) is 27.0 Å². The lowest BCUT2D eigenvalue weighted by Crippen LogP contribution is -2.00. The minimum absolute atomic E-state index is 0.449. The van der Waals surface area contributed by atoms with Gasteiger partial charge in [0.15, 0.2) is 11.5 Å². The van der Waals surface area contributed by atoms with Crippen LogP contribution in [0.15, 0.2) is 49.1 Å². The fraction of sp³-hybridized carbons (Fsp3) is 0.227. The minimum Gasteiger partial charge on any atom is -0.493 e. The molecule has 8 nitrogen and oxygen atoms in total. The summed E-state index contributed by atoms with van der Waals surface area (Å²) in [5.74, 6) is 2.06. The molecular formula is C22H25N5O3. The molecule has 0 radical (unpaired) electrons. The minimum atomic E-state index is 0.449. The van der Waals surface area contributed by atoms with Gasteiger partial charge in [0.1, 0.15) is 0 Å². The first kappa shape index (κ1) is 20.9. The van der Waals surface area contributed by atoms with Crippen LogP contribution in [0, 0.1) is 0 Å². The summed E-state index contributed by atoms with van der Waals surface area (Å²) in [7, 11) is 4.71. The Balaban J connectivity index is 0.00000124. The van der Waals surface area contributed by atoms with Crippen molar-refractivity contribution in [1.29, 1.82) is 0 Å². The third-order valence-corrected chi connectivity index (χ3v) is 4.34. The molecule has 0 atom stereocenters. The van der Waals surface area contributed by atoms with Gasteiger partial charge in [0, 0.05) is 59.1 Å². The van der Waals surface area contributed by atoms with Gasteiger partial charge >= 0.3 is 0 Å². The molecule has 0 bridgehead atoms. The second-order valence-corrected chi connectivity index (χ2v) is 5.93. The lowest BCUT2D eigenvalue weighted by atomic mass is 10.1. The van der Waals surface area contributed by atoms with Crippen molar-refractivity contribution in [1.82, 2.24) is 19.9 Å². The third-order valence-electron chi connectivity index (χ3n) is 4.34. The van der Waals surface area contributed by atoms with Crippen LogP contribution in [0.2, 0.25) is 0 Å². The molecule has 0 saturated carbocycles. The molecule has 0 aliphatic carbocycles. The Morgan fingerprint density at radius 1 is 0.933 bits per heavy atom. The SMILES string of the molecule is CC.COc1cc(Nc2nccc(-c3c[nH]c4ccncc34)n2)cc(OC)c1OC. The van der Waals surface area contributed by atoms with Crippen molar-refractivity contribution in [2.24, 2.45) is 0 Å². The largest absolute Gasteiger partial charge is 0.493 e. The van der Waals surface area contributed by atoms with E-state index in [1.165, 1.54) is 0 Å². The standard InChI is InChI=1S/C20H19N5O3.C2H6/c1-26-17-8-12(9-18(27-2)19(17)28-3)24-20-22-7-5-16(25-20)14-11-23-15-4-6-21-10-13(14)15;1-2/h4-11,23H,1-3H3,(H,22,24,25);1-2H3. The molecular weight excluding hydrogens is 382 g/mol. The number of aromatic amines is 1. The number of fused-ring (bicyclic) bond motifs is 1. The van der Waals surface area contributed by atoms with Gasteiger partial charge in [-0.2, -0.15) is 0 Å². The lowest BCUT2D eigenvalue weighted by molar-refractivity contribution is 0.324. The molecule has 30 heavy (non-hydrogen) atoms. The summed E-state index contributed by atoms with van der Waals surface area (Å²) in [6.45, 7) is 4.00. The van der Waals surface area contributed by atoms with Crippen molar-refractivity contribution in [2.45, 2.75) is 13.8 Å². The van der Waals surface area contributed by atoms with E-state index in [1.807, 2.05) is 38.4 Å². The van der Waals surface area contributed by atoms with E-state index >= 15 is 0 Å². The normalized spacial score (nSPS) is 10.2. The van der Waals surface area contributed by atoms with Crippen LogP contribution in [0.3, 0.4) is 0 Å². The maximum Gasteiger partial charge on any atom is 0.227 e. The van der Waals surface area contributed by atoms with E-state index in [0.717, 1.165) is 22.2 Å². The van der Waals surface area contributed by atoms with Crippen LogP contribution < -0.4 is 19.5 Å². The Morgan fingerprint density at radius 2 is 1.67 bits per heavy atom. The molecule has 0 spiro atoms. The maximum absolute atomic E-state index is 5.39. The molecule has 0 saturated heterocycles. The smallest absolute Gasteiger partial charge is 0.227 e. The highest BCUT2D eigenvalue weighted by atomic mass is 16.5.